The summed E-state index contributed by atoms with van der Waals surface area (Å²) in [5.74, 6) is 0.272. The van der Waals surface area contributed by atoms with Crippen molar-refractivity contribution in [2.75, 3.05) is 24.9 Å². The van der Waals surface area contributed by atoms with Gasteiger partial charge in [0.1, 0.15) is 11.1 Å². The second kappa shape index (κ2) is 8.48. The van der Waals surface area contributed by atoms with E-state index in [0.29, 0.717) is 16.5 Å². The predicted octanol–water partition coefficient (Wildman–Crippen LogP) is 0.807. The lowest BCUT2D eigenvalue weighted by Crippen LogP contribution is -2.53. The van der Waals surface area contributed by atoms with Gasteiger partial charge in [-0.25, -0.2) is 9.98 Å². The van der Waals surface area contributed by atoms with Gasteiger partial charge in [0.25, 0.3) is 6.20 Å². The Hall–Kier alpha value is -2.60. The van der Waals surface area contributed by atoms with Crippen LogP contribution in [0, 0.1) is 17.2 Å². The summed E-state index contributed by atoms with van der Waals surface area (Å²) >= 11 is 1.20. The molecule has 25 heavy (non-hydrogen) atoms. The quantitative estimate of drug-likeness (QED) is 0.311. The molecule has 0 atom stereocenters. The van der Waals surface area contributed by atoms with Crippen molar-refractivity contribution in [3.63, 3.8) is 0 Å². The molecule has 8 nitrogen and oxygen atoms in total. The highest BCUT2D eigenvalue weighted by Crippen LogP contribution is 2.22. The Kier molecular flexibility index (Phi) is 6.36. The van der Waals surface area contributed by atoms with Gasteiger partial charge in [0.05, 0.1) is 24.4 Å². The van der Waals surface area contributed by atoms with E-state index in [4.69, 9.17) is 4.52 Å². The van der Waals surface area contributed by atoms with E-state index in [1.165, 1.54) is 22.7 Å². The summed E-state index contributed by atoms with van der Waals surface area (Å²) in [6.45, 7) is 4.21. The van der Waals surface area contributed by atoms with Gasteiger partial charge >= 0.3 is 5.88 Å². The van der Waals surface area contributed by atoms with Gasteiger partial charge in [-0.05, 0) is 30.4 Å². The molecule has 0 saturated heterocycles. The molecule has 0 N–H and O–H groups in total. The molecular weight excluding hydrogens is 340 g/mol. The van der Waals surface area contributed by atoms with Gasteiger partial charge in [0, 0.05) is 11.4 Å². The van der Waals surface area contributed by atoms with E-state index in [2.05, 4.69) is 35.2 Å². The van der Waals surface area contributed by atoms with Crippen LogP contribution in [0.3, 0.4) is 0 Å². The molecule has 0 saturated carbocycles. The largest absolute Gasteiger partial charge is 0.861 e. The number of aromatic nitrogens is 3. The zero-order chi connectivity index (χ0) is 18.4. The topological polar surface area (TPSA) is 105 Å². The molecule has 132 valence electrons. The maximum absolute atomic E-state index is 12.0. The van der Waals surface area contributed by atoms with Crippen molar-refractivity contribution < 1.29 is 14.4 Å². The van der Waals surface area contributed by atoms with Gasteiger partial charge in [-0.15, -0.1) is 0 Å². The molecule has 0 bridgehead atoms. The third kappa shape index (κ3) is 5.46. The van der Waals surface area contributed by atoms with Crippen molar-refractivity contribution in [2.24, 2.45) is 10.9 Å². The van der Waals surface area contributed by atoms with Crippen LogP contribution >= 0.6 is 11.8 Å². The first-order chi connectivity index (χ1) is 11.9. The van der Waals surface area contributed by atoms with Gasteiger partial charge in [-0.2, -0.15) is 10.3 Å². The van der Waals surface area contributed by atoms with Gasteiger partial charge in [-0.3, -0.25) is 4.52 Å². The van der Waals surface area contributed by atoms with Crippen LogP contribution in [0.25, 0.3) is 0 Å². The summed E-state index contributed by atoms with van der Waals surface area (Å²) in [5.41, 5.74) is 1.36. The minimum atomic E-state index is -0.382. The van der Waals surface area contributed by atoms with Crippen molar-refractivity contribution >= 4 is 23.5 Å². The Labute approximate surface area is 150 Å². The van der Waals surface area contributed by atoms with Crippen molar-refractivity contribution in [3.05, 3.63) is 29.6 Å². The highest BCUT2D eigenvalue weighted by Gasteiger charge is 2.12. The third-order valence-electron chi connectivity index (χ3n) is 3.08. The Morgan fingerprint density at radius 3 is 2.84 bits per heavy atom. The van der Waals surface area contributed by atoms with Crippen LogP contribution in [0.5, 0.6) is 0 Å². The number of aliphatic imine (C=N–C) groups is 1. The molecule has 0 unspecified atom stereocenters. The molecule has 0 spiro atoms. The first-order valence-corrected chi connectivity index (χ1v) is 8.71. The van der Waals surface area contributed by atoms with E-state index < -0.39 is 0 Å². The summed E-state index contributed by atoms with van der Waals surface area (Å²) in [6, 6.07) is 5.69. The predicted molar refractivity (Wildman–Crippen MR) is 92.1 cm³/mol. The highest BCUT2D eigenvalue weighted by molar-refractivity contribution is 7.99. The minimum Gasteiger partial charge on any atom is -0.861 e. The Morgan fingerprint density at radius 1 is 1.48 bits per heavy atom. The standard InChI is InChI=1S/C16H20N6O2S/c1-11(2)7-13-6-5-12(8-17)16(18-13)25-10-14(23)19-15-9-22(20-24-15)21(3)4/h5-6,9,11H,7,10H2,1-4H3. The molecule has 2 rings (SSSR count). The number of hydrogen-bond donors (Lipinski definition) is 0. The lowest BCUT2D eigenvalue weighted by Gasteiger charge is -2.11. The zero-order valence-electron chi connectivity index (χ0n) is 14.6. The SMILES string of the molecule is CC(C)Cc1ccc(C#N)c(SC/C([O-])=N/c2c[n+](N(C)C)no2)n1. The smallest absolute Gasteiger partial charge is 0.324 e. The number of hydrogen-bond acceptors (Lipinski definition) is 8. The van der Waals surface area contributed by atoms with Crippen LogP contribution < -0.4 is 14.9 Å². The number of rotatable bonds is 7. The summed E-state index contributed by atoms with van der Waals surface area (Å²) in [4.78, 5) is 9.77. The molecule has 0 radical (unpaired) electrons. The van der Waals surface area contributed by atoms with Crippen LogP contribution in [-0.2, 0) is 6.42 Å². The fourth-order valence-corrected chi connectivity index (χ4v) is 2.73. The summed E-state index contributed by atoms with van der Waals surface area (Å²) in [6.07, 6.45) is 2.32. The van der Waals surface area contributed by atoms with E-state index in [1.807, 2.05) is 6.07 Å². The third-order valence-corrected chi connectivity index (χ3v) is 4.05. The fraction of sp³-hybridized carbons (Fsp3) is 0.438. The lowest BCUT2D eigenvalue weighted by molar-refractivity contribution is -0.753. The molecular formula is C16H20N6O2S. The van der Waals surface area contributed by atoms with Gasteiger partial charge in [0.15, 0.2) is 0 Å². The Bertz CT molecular complexity index is 794. The second-order valence-corrected chi connectivity index (χ2v) is 6.93. The van der Waals surface area contributed by atoms with Crippen LogP contribution in [0.15, 0.2) is 32.9 Å². The molecule has 9 heteroatoms. The van der Waals surface area contributed by atoms with E-state index >= 15 is 0 Å². The maximum atomic E-state index is 12.0. The molecule has 2 aromatic heterocycles. The summed E-state index contributed by atoms with van der Waals surface area (Å²) in [5, 5.41) is 27.2. The average Bonchev–Trinajstić information content (AvgIpc) is 3.01. The van der Waals surface area contributed by atoms with E-state index in [0.717, 1.165) is 12.1 Å². The zero-order valence-corrected chi connectivity index (χ0v) is 15.4. The molecule has 0 aromatic carbocycles. The Balaban J connectivity index is 2.08. The van der Waals surface area contributed by atoms with E-state index in [9.17, 15) is 10.4 Å². The molecule has 0 aliphatic rings. The van der Waals surface area contributed by atoms with Crippen molar-refractivity contribution in [1.82, 2.24) is 10.3 Å². The Morgan fingerprint density at radius 2 is 2.24 bits per heavy atom. The molecule has 0 amide bonds. The van der Waals surface area contributed by atoms with E-state index in [1.54, 1.807) is 25.2 Å². The summed E-state index contributed by atoms with van der Waals surface area (Å²) in [7, 11) is 3.56. The monoisotopic (exact) mass is 360 g/mol. The first kappa shape index (κ1) is 18.7. The minimum absolute atomic E-state index is 0.0650. The van der Waals surface area contributed by atoms with E-state index in [-0.39, 0.29) is 17.5 Å². The number of thioether (sulfide) groups is 1. The normalized spacial score (nSPS) is 11.6. The highest BCUT2D eigenvalue weighted by atomic mass is 32.2. The number of nitrogens with zero attached hydrogens (tertiary/aromatic N) is 6. The van der Waals surface area contributed by atoms with Crippen molar-refractivity contribution in [3.8, 4) is 6.07 Å². The van der Waals surface area contributed by atoms with Crippen LogP contribution in [-0.4, -0.2) is 36.0 Å². The van der Waals surface area contributed by atoms with Gasteiger partial charge in [-0.1, -0.05) is 25.6 Å². The van der Waals surface area contributed by atoms with Crippen LogP contribution in [0.4, 0.5) is 5.88 Å². The average molecular weight is 360 g/mol. The number of nitriles is 1. The van der Waals surface area contributed by atoms with Crippen molar-refractivity contribution in [2.45, 2.75) is 25.3 Å². The summed E-state index contributed by atoms with van der Waals surface area (Å²) < 4.78 is 4.96. The fourth-order valence-electron chi connectivity index (χ4n) is 1.96. The number of pyridine rings is 1. The molecule has 2 aromatic rings. The molecule has 2 heterocycles. The van der Waals surface area contributed by atoms with Crippen LogP contribution in [0.1, 0.15) is 25.1 Å². The van der Waals surface area contributed by atoms with Gasteiger partial charge < -0.3 is 5.11 Å². The lowest BCUT2D eigenvalue weighted by atomic mass is 10.1. The van der Waals surface area contributed by atoms with Gasteiger partial charge in [0.2, 0.25) is 5.27 Å². The first-order valence-electron chi connectivity index (χ1n) is 7.72. The van der Waals surface area contributed by atoms with Crippen LogP contribution in [0.2, 0.25) is 0 Å². The maximum Gasteiger partial charge on any atom is 0.324 e. The molecule has 0 aliphatic heterocycles. The second-order valence-electron chi connectivity index (χ2n) is 5.97. The van der Waals surface area contributed by atoms with Crippen molar-refractivity contribution in [1.29, 1.82) is 5.26 Å². The molecule has 0 fully saturated rings. The molecule has 0 aliphatic carbocycles.